The van der Waals surface area contributed by atoms with E-state index in [1.165, 1.54) is 0 Å². The second-order valence-electron chi connectivity index (χ2n) is 7.88. The van der Waals surface area contributed by atoms with E-state index in [9.17, 15) is 9.59 Å². The third-order valence-electron chi connectivity index (χ3n) is 4.56. The fourth-order valence-corrected chi connectivity index (χ4v) is 3.43. The molecule has 7 heteroatoms. The molecule has 2 aliphatic rings. The van der Waals surface area contributed by atoms with Gasteiger partial charge in [-0.25, -0.2) is 9.79 Å². The normalized spacial score (nSPS) is 18.2. The van der Waals surface area contributed by atoms with Crippen LogP contribution in [0.3, 0.4) is 0 Å². The average Bonchev–Trinajstić information content (AvgIpc) is 2.79. The van der Waals surface area contributed by atoms with Crippen molar-refractivity contribution in [1.29, 1.82) is 0 Å². The number of benzene rings is 2. The largest absolute Gasteiger partial charge is 0.490 e. The molecule has 0 spiro atoms. The van der Waals surface area contributed by atoms with Gasteiger partial charge in [-0.1, -0.05) is 42.5 Å². The van der Waals surface area contributed by atoms with Crippen molar-refractivity contribution in [2.75, 3.05) is 18.1 Å². The Bertz CT molecular complexity index is 979. The molecular formula is C22H23N3O4. The molecule has 0 radical (unpaired) electrons. The highest BCUT2D eigenvalue weighted by Crippen LogP contribution is 2.38. The Morgan fingerprint density at radius 3 is 2.66 bits per heavy atom. The maximum atomic E-state index is 13.3. The van der Waals surface area contributed by atoms with Gasteiger partial charge in [-0.2, -0.15) is 0 Å². The lowest BCUT2D eigenvalue weighted by molar-refractivity contribution is -0.120. The summed E-state index contributed by atoms with van der Waals surface area (Å²) in [6.07, 6.45) is -1.79. The summed E-state index contributed by atoms with van der Waals surface area (Å²) in [6, 6.07) is 15.2. The number of nitrogens with zero attached hydrogens (tertiary/aromatic N) is 2. The summed E-state index contributed by atoms with van der Waals surface area (Å²) < 4.78 is 11.1. The van der Waals surface area contributed by atoms with Crippen molar-refractivity contribution in [3.05, 3.63) is 59.7 Å². The zero-order chi connectivity index (χ0) is 20.6. The quantitative estimate of drug-likeness (QED) is 0.850. The molecule has 2 heterocycles. The Balaban J connectivity index is 1.81. The summed E-state index contributed by atoms with van der Waals surface area (Å²) in [7, 11) is 0. The highest BCUT2D eigenvalue weighted by atomic mass is 16.6. The molecule has 29 heavy (non-hydrogen) atoms. The topological polar surface area (TPSA) is 80.2 Å². The number of rotatable bonds is 2. The summed E-state index contributed by atoms with van der Waals surface area (Å²) in [5.74, 6) is 0.308. The lowest BCUT2D eigenvalue weighted by atomic mass is 9.99. The standard InChI is InChI=1S/C22H23N3O4/c1-22(2,3)29-21(27)24-19-20(26)25-12-13-28-16-11-7-10-15(18(16)25)17(23-19)14-8-5-4-6-9-14/h4-11,19H,12-13H2,1-3H3,(H,24,27). The maximum absolute atomic E-state index is 13.3. The maximum Gasteiger partial charge on any atom is 0.409 e. The van der Waals surface area contributed by atoms with Crippen LogP contribution in [-0.4, -0.2) is 42.6 Å². The van der Waals surface area contributed by atoms with Crippen molar-refractivity contribution in [3.8, 4) is 5.75 Å². The van der Waals surface area contributed by atoms with E-state index >= 15 is 0 Å². The Morgan fingerprint density at radius 1 is 1.17 bits per heavy atom. The number of amides is 2. The fourth-order valence-electron chi connectivity index (χ4n) is 3.43. The van der Waals surface area contributed by atoms with Gasteiger partial charge in [0.25, 0.3) is 5.91 Å². The van der Waals surface area contributed by atoms with Crippen LogP contribution < -0.4 is 15.0 Å². The minimum absolute atomic E-state index is 0.321. The second kappa shape index (κ2) is 7.24. The fraction of sp³-hybridized carbons (Fsp3) is 0.318. The van der Waals surface area contributed by atoms with Crippen LogP contribution in [0.4, 0.5) is 10.5 Å². The zero-order valence-electron chi connectivity index (χ0n) is 16.6. The van der Waals surface area contributed by atoms with Crippen molar-refractivity contribution < 1.29 is 19.1 Å². The Kier molecular flexibility index (Phi) is 4.74. The molecule has 1 N–H and O–H groups in total. The molecule has 1 atom stereocenters. The van der Waals surface area contributed by atoms with E-state index < -0.39 is 17.9 Å². The van der Waals surface area contributed by atoms with E-state index in [1.807, 2.05) is 48.5 Å². The molecule has 2 aliphatic heterocycles. The minimum Gasteiger partial charge on any atom is -0.490 e. The van der Waals surface area contributed by atoms with Gasteiger partial charge in [0, 0.05) is 11.1 Å². The van der Waals surface area contributed by atoms with Crippen LogP contribution in [0.25, 0.3) is 0 Å². The predicted octanol–water partition coefficient (Wildman–Crippen LogP) is 3.11. The summed E-state index contributed by atoms with van der Waals surface area (Å²) in [5, 5.41) is 2.63. The third-order valence-corrected chi connectivity index (χ3v) is 4.56. The van der Waals surface area contributed by atoms with Crippen LogP contribution in [0.1, 0.15) is 31.9 Å². The molecule has 1 unspecified atom stereocenters. The smallest absolute Gasteiger partial charge is 0.409 e. The molecule has 0 aliphatic carbocycles. The lowest BCUT2D eigenvalue weighted by Gasteiger charge is -2.31. The van der Waals surface area contributed by atoms with Crippen LogP contribution in [0.2, 0.25) is 0 Å². The summed E-state index contributed by atoms with van der Waals surface area (Å²) >= 11 is 0. The molecule has 0 saturated heterocycles. The number of hydrogen-bond acceptors (Lipinski definition) is 5. The van der Waals surface area contributed by atoms with Crippen molar-refractivity contribution in [1.82, 2.24) is 5.32 Å². The number of nitrogens with one attached hydrogen (secondary N) is 1. The molecular weight excluding hydrogens is 370 g/mol. The van der Waals surface area contributed by atoms with Gasteiger partial charge in [0.05, 0.1) is 17.9 Å². The summed E-state index contributed by atoms with van der Waals surface area (Å²) in [6.45, 7) is 6.06. The first-order valence-corrected chi connectivity index (χ1v) is 9.54. The minimum atomic E-state index is -1.10. The van der Waals surface area contributed by atoms with Gasteiger partial charge in [0.15, 0.2) is 0 Å². The van der Waals surface area contributed by atoms with Gasteiger partial charge in [-0.3, -0.25) is 10.1 Å². The molecule has 0 aromatic heterocycles. The van der Waals surface area contributed by atoms with Crippen LogP contribution in [0, 0.1) is 0 Å². The van der Waals surface area contributed by atoms with Gasteiger partial charge in [0.2, 0.25) is 6.17 Å². The molecule has 2 aromatic rings. The average molecular weight is 393 g/mol. The molecule has 7 nitrogen and oxygen atoms in total. The van der Waals surface area contributed by atoms with Crippen LogP contribution in [0.5, 0.6) is 5.75 Å². The number of ether oxygens (including phenoxy) is 2. The Hall–Kier alpha value is -3.35. The zero-order valence-corrected chi connectivity index (χ0v) is 16.6. The molecule has 0 bridgehead atoms. The SMILES string of the molecule is CC(C)(C)OC(=O)NC1N=C(c2ccccc2)c2cccc3c2N(CCO3)C1=O. The van der Waals surface area contributed by atoms with Gasteiger partial charge in [0.1, 0.15) is 18.0 Å². The lowest BCUT2D eigenvalue weighted by Crippen LogP contribution is -2.50. The Labute approximate surface area is 169 Å². The Morgan fingerprint density at radius 2 is 1.93 bits per heavy atom. The van der Waals surface area contributed by atoms with Gasteiger partial charge >= 0.3 is 6.09 Å². The number of anilines is 1. The first-order chi connectivity index (χ1) is 13.8. The highest BCUT2D eigenvalue weighted by Gasteiger charge is 2.37. The van der Waals surface area contributed by atoms with E-state index in [0.717, 1.165) is 11.1 Å². The molecule has 0 saturated carbocycles. The third kappa shape index (κ3) is 3.81. The summed E-state index contributed by atoms with van der Waals surface area (Å²) in [5.41, 5.74) is 2.25. The van der Waals surface area contributed by atoms with Crippen molar-refractivity contribution in [3.63, 3.8) is 0 Å². The number of hydrogen-bond donors (Lipinski definition) is 1. The second-order valence-corrected chi connectivity index (χ2v) is 7.88. The molecule has 2 aromatic carbocycles. The van der Waals surface area contributed by atoms with Gasteiger partial charge in [-0.15, -0.1) is 0 Å². The van der Waals surface area contributed by atoms with Gasteiger partial charge in [-0.05, 0) is 26.8 Å². The van der Waals surface area contributed by atoms with Crippen LogP contribution in [0.15, 0.2) is 53.5 Å². The molecule has 2 amide bonds. The van der Waals surface area contributed by atoms with E-state index in [1.54, 1.807) is 25.7 Å². The van der Waals surface area contributed by atoms with E-state index in [-0.39, 0.29) is 5.91 Å². The highest BCUT2D eigenvalue weighted by molar-refractivity contribution is 6.21. The first kappa shape index (κ1) is 19.0. The number of carbonyl (C=O) groups excluding carboxylic acids is 2. The first-order valence-electron chi connectivity index (χ1n) is 9.54. The molecule has 150 valence electrons. The number of para-hydroxylation sites is 1. The van der Waals surface area contributed by atoms with Crippen LogP contribution >= 0.6 is 0 Å². The predicted molar refractivity (Wildman–Crippen MR) is 110 cm³/mol. The monoisotopic (exact) mass is 393 g/mol. The van der Waals surface area contributed by atoms with E-state index in [0.29, 0.717) is 30.3 Å². The van der Waals surface area contributed by atoms with E-state index in [4.69, 9.17) is 9.47 Å². The van der Waals surface area contributed by atoms with Crippen LogP contribution in [-0.2, 0) is 9.53 Å². The van der Waals surface area contributed by atoms with Gasteiger partial charge < -0.3 is 14.4 Å². The van der Waals surface area contributed by atoms with Crippen molar-refractivity contribution >= 4 is 23.4 Å². The molecule has 0 fully saturated rings. The number of carbonyl (C=O) groups is 2. The summed E-state index contributed by atoms with van der Waals surface area (Å²) in [4.78, 5) is 32.0. The van der Waals surface area contributed by atoms with Crippen molar-refractivity contribution in [2.45, 2.75) is 32.5 Å². The number of aliphatic imine (C=N–C) groups is 1. The molecule has 4 rings (SSSR count). The number of alkyl carbamates (subject to hydrolysis) is 1. The van der Waals surface area contributed by atoms with E-state index in [2.05, 4.69) is 10.3 Å². The van der Waals surface area contributed by atoms with Crippen molar-refractivity contribution in [2.24, 2.45) is 4.99 Å².